The molecule has 1 N–H and O–H groups in total. The van der Waals surface area contributed by atoms with Crippen LogP contribution in [-0.4, -0.2) is 15.9 Å². The number of aromatic nitrogens is 2. The van der Waals surface area contributed by atoms with E-state index >= 15 is 0 Å². The molecule has 0 amide bonds. The molecule has 2 aromatic heterocycles. The zero-order valence-corrected chi connectivity index (χ0v) is 14.7. The molecule has 25 heavy (non-hydrogen) atoms. The Kier molecular flexibility index (Phi) is 4.13. The van der Waals surface area contributed by atoms with E-state index in [0.29, 0.717) is 28.2 Å². The lowest BCUT2D eigenvalue weighted by Crippen LogP contribution is -2.16. The van der Waals surface area contributed by atoms with Crippen LogP contribution >= 0.6 is 11.3 Å². The number of hydrogen-bond acceptors (Lipinski definition) is 5. The summed E-state index contributed by atoms with van der Waals surface area (Å²) >= 11 is 1.64. The number of thiophene rings is 1. The van der Waals surface area contributed by atoms with E-state index in [1.807, 2.05) is 11.4 Å². The minimum atomic E-state index is -0.345. The third kappa shape index (κ3) is 3.09. The third-order valence-corrected chi connectivity index (χ3v) is 5.67. The van der Waals surface area contributed by atoms with Gasteiger partial charge in [0.25, 0.3) is 5.56 Å². The second-order valence-corrected chi connectivity index (χ2v) is 7.47. The number of nitrogens with zero attached hydrogens (tertiary/aromatic N) is 1. The van der Waals surface area contributed by atoms with Gasteiger partial charge in [-0.3, -0.25) is 4.79 Å². The topological polar surface area (TPSA) is 72.0 Å². The summed E-state index contributed by atoms with van der Waals surface area (Å²) in [5, 5.41) is 2.42. The minimum Gasteiger partial charge on any atom is -0.454 e. The smallest absolute Gasteiger partial charge is 0.339 e. The Bertz CT molecular complexity index is 1010. The Balaban J connectivity index is 1.52. The number of fused-ring (bicyclic) bond motifs is 2. The number of benzene rings is 1. The molecule has 1 atom stereocenters. The molecule has 1 aromatic carbocycles. The van der Waals surface area contributed by atoms with Crippen LogP contribution in [0.25, 0.3) is 10.9 Å². The van der Waals surface area contributed by atoms with E-state index in [-0.39, 0.29) is 18.1 Å². The van der Waals surface area contributed by atoms with Crippen molar-refractivity contribution >= 4 is 28.2 Å². The summed E-state index contributed by atoms with van der Waals surface area (Å²) in [6.07, 6.45) is 3.06. The van der Waals surface area contributed by atoms with Gasteiger partial charge in [0, 0.05) is 10.3 Å². The van der Waals surface area contributed by atoms with Crippen molar-refractivity contribution in [2.75, 3.05) is 0 Å². The van der Waals surface area contributed by atoms with Crippen molar-refractivity contribution in [1.29, 1.82) is 0 Å². The molecule has 1 aliphatic rings. The lowest BCUT2D eigenvalue weighted by atomic mass is 9.88. The van der Waals surface area contributed by atoms with Gasteiger partial charge in [-0.1, -0.05) is 19.1 Å². The van der Waals surface area contributed by atoms with Crippen LogP contribution in [0.2, 0.25) is 0 Å². The average molecular weight is 354 g/mol. The zero-order chi connectivity index (χ0) is 17.4. The van der Waals surface area contributed by atoms with Crippen LogP contribution in [0.15, 0.2) is 34.4 Å². The van der Waals surface area contributed by atoms with E-state index in [0.717, 1.165) is 24.8 Å². The molecule has 4 rings (SSSR count). The van der Waals surface area contributed by atoms with Crippen molar-refractivity contribution in [3.63, 3.8) is 0 Å². The Morgan fingerprint density at radius 1 is 1.40 bits per heavy atom. The Morgan fingerprint density at radius 3 is 3.12 bits per heavy atom. The number of aromatic amines is 1. The number of rotatable bonds is 3. The van der Waals surface area contributed by atoms with E-state index in [1.165, 1.54) is 4.88 Å². The van der Waals surface area contributed by atoms with E-state index in [9.17, 15) is 9.59 Å². The summed E-state index contributed by atoms with van der Waals surface area (Å²) in [6.45, 7) is 2.20. The Morgan fingerprint density at radius 2 is 2.24 bits per heavy atom. The number of para-hydroxylation sites is 1. The van der Waals surface area contributed by atoms with E-state index in [4.69, 9.17) is 4.74 Å². The van der Waals surface area contributed by atoms with Crippen molar-refractivity contribution in [1.82, 2.24) is 9.97 Å². The van der Waals surface area contributed by atoms with Gasteiger partial charge in [-0.2, -0.15) is 0 Å². The van der Waals surface area contributed by atoms with Crippen molar-refractivity contribution < 1.29 is 9.53 Å². The summed E-state index contributed by atoms with van der Waals surface area (Å²) in [7, 11) is 0. The quantitative estimate of drug-likeness (QED) is 0.731. The van der Waals surface area contributed by atoms with Gasteiger partial charge in [-0.05, 0) is 42.9 Å². The van der Waals surface area contributed by atoms with Crippen LogP contribution in [0.1, 0.15) is 40.0 Å². The summed E-state index contributed by atoms with van der Waals surface area (Å²) < 4.78 is 5.40. The molecule has 0 unspecified atom stereocenters. The number of carbonyl (C=O) groups excluding carboxylic acids is 1. The fraction of sp³-hybridized carbons (Fsp3) is 0.316. The van der Waals surface area contributed by atoms with Gasteiger partial charge in [0.1, 0.15) is 12.4 Å². The first-order valence-corrected chi connectivity index (χ1v) is 9.24. The standard InChI is InChI=1S/C19H18N2O3S/c1-11-6-7-12-14(10-25-16(12)8-11)19(23)24-9-17-20-15-5-3-2-4-13(15)18(22)21-17/h2-5,10-11H,6-9H2,1H3,(H,20,21,22)/t11-/m0/s1. The van der Waals surface area contributed by atoms with Gasteiger partial charge in [-0.15, -0.1) is 11.3 Å². The van der Waals surface area contributed by atoms with Gasteiger partial charge in [0.2, 0.25) is 0 Å². The van der Waals surface area contributed by atoms with Crippen LogP contribution in [0, 0.1) is 5.92 Å². The Labute approximate surface area is 148 Å². The van der Waals surface area contributed by atoms with E-state index in [1.54, 1.807) is 29.5 Å². The fourth-order valence-electron chi connectivity index (χ4n) is 3.26. The molecule has 0 saturated heterocycles. The molecule has 0 spiro atoms. The zero-order valence-electron chi connectivity index (χ0n) is 13.9. The molecule has 2 heterocycles. The van der Waals surface area contributed by atoms with Gasteiger partial charge in [-0.25, -0.2) is 9.78 Å². The van der Waals surface area contributed by atoms with Gasteiger partial charge in [0.05, 0.1) is 16.5 Å². The SMILES string of the molecule is C[C@H]1CCc2c(C(=O)OCc3nc4ccccc4c(=O)[nH]3)csc2C1. The maximum atomic E-state index is 12.4. The number of H-pyrrole nitrogens is 1. The molecule has 5 nitrogen and oxygen atoms in total. The van der Waals surface area contributed by atoms with Crippen molar-refractivity contribution in [3.8, 4) is 0 Å². The number of ether oxygens (including phenoxy) is 1. The largest absolute Gasteiger partial charge is 0.454 e. The monoisotopic (exact) mass is 354 g/mol. The number of carbonyl (C=O) groups is 1. The molecule has 6 heteroatoms. The highest BCUT2D eigenvalue weighted by molar-refractivity contribution is 7.10. The van der Waals surface area contributed by atoms with Crippen LogP contribution in [-0.2, 0) is 24.2 Å². The second kappa shape index (κ2) is 6.44. The molecular weight excluding hydrogens is 336 g/mol. The first-order valence-electron chi connectivity index (χ1n) is 8.36. The molecular formula is C19H18N2O3S. The molecule has 0 fully saturated rings. The highest BCUT2D eigenvalue weighted by atomic mass is 32.1. The first kappa shape index (κ1) is 16.0. The van der Waals surface area contributed by atoms with Crippen LogP contribution in [0.4, 0.5) is 0 Å². The second-order valence-electron chi connectivity index (χ2n) is 6.50. The lowest BCUT2D eigenvalue weighted by Gasteiger charge is -2.18. The van der Waals surface area contributed by atoms with E-state index < -0.39 is 0 Å². The molecule has 0 radical (unpaired) electrons. The van der Waals surface area contributed by atoms with Crippen molar-refractivity contribution in [2.24, 2.45) is 5.92 Å². The van der Waals surface area contributed by atoms with Crippen LogP contribution in [0.3, 0.4) is 0 Å². The van der Waals surface area contributed by atoms with Gasteiger partial charge < -0.3 is 9.72 Å². The number of hydrogen-bond donors (Lipinski definition) is 1. The molecule has 0 bridgehead atoms. The van der Waals surface area contributed by atoms with Crippen LogP contribution < -0.4 is 5.56 Å². The maximum Gasteiger partial charge on any atom is 0.339 e. The molecule has 0 aliphatic heterocycles. The molecule has 0 saturated carbocycles. The summed E-state index contributed by atoms with van der Waals surface area (Å²) in [6, 6.07) is 7.10. The van der Waals surface area contributed by atoms with E-state index in [2.05, 4.69) is 16.9 Å². The number of esters is 1. The molecule has 1 aliphatic carbocycles. The minimum absolute atomic E-state index is 0.0417. The summed E-state index contributed by atoms with van der Waals surface area (Å²) in [5.41, 5.74) is 2.17. The normalized spacial score (nSPS) is 16.6. The fourth-order valence-corrected chi connectivity index (χ4v) is 4.50. The van der Waals surface area contributed by atoms with Crippen molar-refractivity contribution in [3.05, 3.63) is 61.8 Å². The predicted octanol–water partition coefficient (Wildman–Crippen LogP) is 3.47. The highest BCUT2D eigenvalue weighted by Gasteiger charge is 2.24. The third-order valence-electron chi connectivity index (χ3n) is 4.62. The van der Waals surface area contributed by atoms with Gasteiger partial charge >= 0.3 is 5.97 Å². The van der Waals surface area contributed by atoms with Gasteiger partial charge in [0.15, 0.2) is 0 Å². The Hall–Kier alpha value is -2.47. The summed E-state index contributed by atoms with van der Waals surface area (Å²) in [4.78, 5) is 32.8. The maximum absolute atomic E-state index is 12.4. The molecule has 128 valence electrons. The average Bonchev–Trinajstić information content (AvgIpc) is 3.03. The predicted molar refractivity (Wildman–Crippen MR) is 97.0 cm³/mol. The van der Waals surface area contributed by atoms with Crippen LogP contribution in [0.5, 0.6) is 0 Å². The highest BCUT2D eigenvalue weighted by Crippen LogP contribution is 2.33. The van der Waals surface area contributed by atoms with Crippen molar-refractivity contribution in [2.45, 2.75) is 32.8 Å². The lowest BCUT2D eigenvalue weighted by molar-refractivity contribution is 0.0461. The molecule has 3 aromatic rings. The summed E-state index contributed by atoms with van der Waals surface area (Å²) in [5.74, 6) is 0.680. The number of nitrogens with one attached hydrogen (secondary N) is 1. The first-order chi connectivity index (χ1) is 12.1.